The predicted molar refractivity (Wildman–Crippen MR) is 138 cm³/mol. The molecule has 0 aliphatic carbocycles. The topological polar surface area (TPSA) is 56.8 Å². The van der Waals surface area contributed by atoms with Crippen LogP contribution in [0, 0.1) is 0 Å². The molecule has 170 valence electrons. The first-order valence-corrected chi connectivity index (χ1v) is 11.8. The lowest BCUT2D eigenvalue weighted by Gasteiger charge is -2.30. The second-order valence-electron chi connectivity index (χ2n) is 7.69. The molecule has 1 amide bonds. The highest BCUT2D eigenvalue weighted by molar-refractivity contribution is 8.26. The molecule has 0 bridgehead atoms. The first-order valence-electron chi connectivity index (χ1n) is 10.6. The third-order valence-electron chi connectivity index (χ3n) is 5.72. The molecule has 0 aromatic heterocycles. The standard InChI is InChI=1S/C27H21NO4S2/c1-30-21-13-12-17(14-22(21)31-2)25-19(15-23-26(29)28-27(33)34-23)24(16-8-4-3-5-9-16)18-10-6-7-11-20(18)32-25/h3-15,24H,1-2H3,(H,28,29,33)/b23-15-/t24-/m1/s1. The van der Waals surface area contributed by atoms with Crippen molar-refractivity contribution in [2.75, 3.05) is 14.2 Å². The van der Waals surface area contributed by atoms with Crippen molar-refractivity contribution in [3.63, 3.8) is 0 Å². The fraction of sp³-hybridized carbons (Fsp3) is 0.111. The highest BCUT2D eigenvalue weighted by Gasteiger charge is 2.33. The molecule has 34 heavy (non-hydrogen) atoms. The van der Waals surface area contributed by atoms with E-state index in [0.717, 1.165) is 28.0 Å². The summed E-state index contributed by atoms with van der Waals surface area (Å²) in [6.07, 6.45) is 1.89. The van der Waals surface area contributed by atoms with E-state index < -0.39 is 0 Å². The number of benzene rings is 3. The van der Waals surface area contributed by atoms with E-state index in [1.165, 1.54) is 11.8 Å². The van der Waals surface area contributed by atoms with Crippen molar-refractivity contribution in [2.24, 2.45) is 0 Å². The van der Waals surface area contributed by atoms with E-state index in [9.17, 15) is 4.79 Å². The number of carbonyl (C=O) groups excluding carboxylic acids is 1. The number of nitrogens with one attached hydrogen (secondary N) is 1. The summed E-state index contributed by atoms with van der Waals surface area (Å²) >= 11 is 6.48. The van der Waals surface area contributed by atoms with Crippen molar-refractivity contribution in [1.29, 1.82) is 0 Å². The van der Waals surface area contributed by atoms with E-state index in [-0.39, 0.29) is 11.8 Å². The second-order valence-corrected chi connectivity index (χ2v) is 9.41. The first kappa shape index (κ1) is 22.3. The summed E-state index contributed by atoms with van der Waals surface area (Å²) in [6.45, 7) is 0. The number of rotatable bonds is 5. The van der Waals surface area contributed by atoms with Crippen LogP contribution in [0.25, 0.3) is 5.76 Å². The third kappa shape index (κ3) is 4.08. The Bertz CT molecular complexity index is 1350. The van der Waals surface area contributed by atoms with E-state index >= 15 is 0 Å². The number of hydrogen-bond donors (Lipinski definition) is 1. The van der Waals surface area contributed by atoms with Crippen molar-refractivity contribution in [3.05, 3.63) is 106 Å². The maximum Gasteiger partial charge on any atom is 0.263 e. The van der Waals surface area contributed by atoms with E-state index in [2.05, 4.69) is 23.5 Å². The number of amides is 1. The monoisotopic (exact) mass is 487 g/mol. The zero-order valence-electron chi connectivity index (χ0n) is 18.5. The maximum atomic E-state index is 12.6. The van der Waals surface area contributed by atoms with Gasteiger partial charge in [0, 0.05) is 22.6 Å². The number of thioether (sulfide) groups is 1. The molecule has 3 aromatic rings. The summed E-state index contributed by atoms with van der Waals surface area (Å²) in [7, 11) is 3.20. The van der Waals surface area contributed by atoms with Gasteiger partial charge >= 0.3 is 0 Å². The Morgan fingerprint density at radius 3 is 2.41 bits per heavy atom. The van der Waals surface area contributed by atoms with Gasteiger partial charge in [0.05, 0.1) is 19.1 Å². The average molecular weight is 488 g/mol. The minimum Gasteiger partial charge on any atom is -0.493 e. The Morgan fingerprint density at radius 1 is 0.971 bits per heavy atom. The molecule has 2 aliphatic heterocycles. The SMILES string of the molecule is COc1ccc(C2=C(/C=C3\SC(=S)NC3=O)[C@H](c3ccccc3)c3ccccc3O2)cc1OC. The Labute approximate surface area is 207 Å². The number of methoxy groups -OCH3 is 2. The van der Waals surface area contributed by atoms with Crippen LogP contribution in [0.15, 0.2) is 89.4 Å². The molecule has 0 unspecified atom stereocenters. The molecule has 1 atom stereocenters. The largest absolute Gasteiger partial charge is 0.493 e. The molecule has 1 saturated heterocycles. The lowest BCUT2D eigenvalue weighted by molar-refractivity contribution is -0.115. The summed E-state index contributed by atoms with van der Waals surface area (Å²) in [5, 5.41) is 2.71. The van der Waals surface area contributed by atoms with Crippen LogP contribution >= 0.6 is 24.0 Å². The van der Waals surface area contributed by atoms with Crippen molar-refractivity contribution in [3.8, 4) is 17.2 Å². The molecule has 2 heterocycles. The Balaban J connectivity index is 1.78. The highest BCUT2D eigenvalue weighted by atomic mass is 32.2. The number of para-hydroxylation sites is 1. The van der Waals surface area contributed by atoms with E-state index in [4.69, 9.17) is 26.4 Å². The summed E-state index contributed by atoms with van der Waals surface area (Å²) in [5.74, 6) is 2.27. The van der Waals surface area contributed by atoms with Gasteiger partial charge in [0.25, 0.3) is 5.91 Å². The van der Waals surface area contributed by atoms with Crippen LogP contribution in [0.2, 0.25) is 0 Å². The molecule has 0 saturated carbocycles. The van der Waals surface area contributed by atoms with Crippen molar-refractivity contribution in [2.45, 2.75) is 5.92 Å². The van der Waals surface area contributed by atoms with Gasteiger partial charge in [-0.05, 0) is 35.9 Å². The van der Waals surface area contributed by atoms with E-state index in [1.54, 1.807) is 14.2 Å². The zero-order valence-corrected chi connectivity index (χ0v) is 20.2. The van der Waals surface area contributed by atoms with Gasteiger partial charge in [0.15, 0.2) is 11.5 Å². The van der Waals surface area contributed by atoms with Gasteiger partial charge in [-0.1, -0.05) is 72.5 Å². The molecule has 2 aliphatic rings. The number of hydrogen-bond acceptors (Lipinski definition) is 6. The minimum absolute atomic E-state index is 0.149. The lowest BCUT2D eigenvalue weighted by atomic mass is 9.81. The average Bonchev–Trinajstić information content (AvgIpc) is 3.19. The molecular formula is C27H21NO4S2. The summed E-state index contributed by atoms with van der Waals surface area (Å²) < 4.78 is 17.9. The van der Waals surface area contributed by atoms with Crippen LogP contribution in [0.4, 0.5) is 0 Å². The first-order chi connectivity index (χ1) is 16.6. The Morgan fingerprint density at radius 2 is 1.71 bits per heavy atom. The molecule has 0 radical (unpaired) electrons. The van der Waals surface area contributed by atoms with Crippen molar-refractivity contribution >= 4 is 40.0 Å². The number of thiocarbonyl (C=S) groups is 1. The third-order valence-corrected chi connectivity index (χ3v) is 6.89. The molecule has 7 heteroatoms. The van der Waals surface area contributed by atoms with Gasteiger partial charge in [0.2, 0.25) is 0 Å². The molecule has 5 rings (SSSR count). The Kier molecular flexibility index (Phi) is 6.13. The number of carbonyl (C=O) groups is 1. The fourth-order valence-corrected chi connectivity index (χ4v) is 5.23. The van der Waals surface area contributed by atoms with Gasteiger partial charge in [-0.3, -0.25) is 4.79 Å². The van der Waals surface area contributed by atoms with Gasteiger partial charge < -0.3 is 19.5 Å². The molecule has 1 N–H and O–H groups in total. The van der Waals surface area contributed by atoms with Gasteiger partial charge in [-0.15, -0.1) is 0 Å². The number of fused-ring (bicyclic) bond motifs is 1. The fourth-order valence-electron chi connectivity index (χ4n) is 4.20. The Hall–Kier alpha value is -3.55. The van der Waals surface area contributed by atoms with Crippen LogP contribution in [-0.4, -0.2) is 24.4 Å². The smallest absolute Gasteiger partial charge is 0.263 e. The highest BCUT2D eigenvalue weighted by Crippen LogP contribution is 2.48. The maximum absolute atomic E-state index is 12.6. The van der Waals surface area contributed by atoms with E-state index in [1.807, 2.05) is 60.7 Å². The summed E-state index contributed by atoms with van der Waals surface area (Å²) in [4.78, 5) is 13.1. The van der Waals surface area contributed by atoms with Crippen LogP contribution in [-0.2, 0) is 4.79 Å². The predicted octanol–water partition coefficient (Wildman–Crippen LogP) is 5.67. The zero-order chi connectivity index (χ0) is 23.7. The van der Waals surface area contributed by atoms with Gasteiger partial charge in [0.1, 0.15) is 15.8 Å². The quantitative estimate of drug-likeness (QED) is 0.370. The van der Waals surface area contributed by atoms with Crippen LogP contribution < -0.4 is 19.5 Å². The number of allylic oxidation sites excluding steroid dienone is 2. The van der Waals surface area contributed by atoms with Gasteiger partial charge in [-0.25, -0.2) is 0 Å². The minimum atomic E-state index is -0.208. The van der Waals surface area contributed by atoms with Crippen LogP contribution in [0.1, 0.15) is 22.6 Å². The summed E-state index contributed by atoms with van der Waals surface area (Å²) in [5.41, 5.74) is 3.79. The molecule has 0 spiro atoms. The van der Waals surface area contributed by atoms with Crippen molar-refractivity contribution < 1.29 is 19.0 Å². The normalized spacial score (nSPS) is 18.4. The van der Waals surface area contributed by atoms with Crippen LogP contribution in [0.3, 0.4) is 0 Å². The molecular weight excluding hydrogens is 466 g/mol. The van der Waals surface area contributed by atoms with Gasteiger partial charge in [-0.2, -0.15) is 0 Å². The van der Waals surface area contributed by atoms with Crippen LogP contribution in [0.5, 0.6) is 17.2 Å². The number of ether oxygens (including phenoxy) is 3. The second kappa shape index (κ2) is 9.37. The van der Waals surface area contributed by atoms with E-state index in [0.29, 0.717) is 26.5 Å². The summed E-state index contributed by atoms with van der Waals surface area (Å²) in [6, 6.07) is 23.8. The molecule has 5 nitrogen and oxygen atoms in total. The van der Waals surface area contributed by atoms with Crippen molar-refractivity contribution in [1.82, 2.24) is 5.32 Å². The molecule has 1 fully saturated rings. The molecule has 3 aromatic carbocycles. The lowest BCUT2D eigenvalue weighted by Crippen LogP contribution is -2.19.